The summed E-state index contributed by atoms with van der Waals surface area (Å²) in [5, 5.41) is 26.6. The Morgan fingerprint density at radius 3 is 1.73 bits per heavy atom. The third kappa shape index (κ3) is 20.9. The molecular weight excluding hydrogens is 1090 g/mol. The average Bonchev–Trinajstić information content (AvgIpc) is 3.35. The minimum Gasteiger partial charge on any atom is -0.480 e. The van der Waals surface area contributed by atoms with E-state index in [1.165, 1.54) is 16.7 Å². The fourth-order valence-electron chi connectivity index (χ4n) is 10.0. The number of H-pyrrole nitrogens is 1. The Kier molecular flexibility index (Phi) is 26.9. The number of guanidine groups is 3. The number of hydrogen-bond acceptors (Lipinski definition) is 13. The van der Waals surface area contributed by atoms with Crippen LogP contribution in [0.3, 0.4) is 0 Å². The molecule has 30 heteroatoms. The topological polar surface area (TPSA) is 505 Å². The molecular formula is C54H87N19O11. The highest BCUT2D eigenvalue weighted by Gasteiger charge is 2.45. The van der Waals surface area contributed by atoms with Crippen LogP contribution in [0, 0.1) is 11.8 Å². The average molecular weight is 1180 g/mol. The summed E-state index contributed by atoms with van der Waals surface area (Å²) in [5.41, 5.74) is 39.9. The summed E-state index contributed by atoms with van der Waals surface area (Å²) in [6.07, 6.45) is 3.92. The van der Waals surface area contributed by atoms with Crippen LogP contribution < -0.4 is 72.0 Å². The summed E-state index contributed by atoms with van der Waals surface area (Å²) in [6.45, 7) is 7.10. The molecule has 84 heavy (non-hydrogen) atoms. The molecule has 2 aliphatic rings. The SMILES string of the molecule is CCC(C)C(NC(=O)C(CCCN=C(N)N)NC(=O)C(C)NC(=O)C(CCCN=C(N)N)NC(=O)C1CCCN1C(=O)C1CCCN1C(=O)[C@H](CCC(N)=O)NC(=O)[C@@H](Cc1c[nH]c2ccccc12)NC(=O)[C@@H](C)CCCN=C(N)N)C(=O)O. The number of para-hydroxylation sites is 1. The standard InChI is InChI=1S/C54H87N19O11/c1-5-29(2)42(51(83)84)71-46(78)36(17-10-24-64-54(60)61)67-44(76)31(4)66-45(77)35(16-9-23-63-53(58)59)68-48(80)39-18-11-25-72(39)50(82)40-19-12-26-73(40)49(81)37(20-21-41(55)74)69-47(79)38(27-32-28-65-34-15-7-6-14-33(32)34)70-43(75)30(3)13-8-22-62-52(56)57/h6-7,14-15,28-31,35-40,42,65H,5,8-13,16-27H2,1-4H3,(H2,55,74)(H,66,77)(H,67,76)(H,68,80)(H,69,79)(H,70,75)(H,71,78)(H,83,84)(H4,56,57,62)(H4,58,59,63)(H4,60,61,64)/t29?,30-,31?,35?,36?,37-,38+,39?,40?,42?/m0/s1. The van der Waals surface area contributed by atoms with Gasteiger partial charge in [-0.3, -0.25) is 58.1 Å². The molecule has 2 fully saturated rings. The number of aliphatic imine (C=N–C) groups is 3. The summed E-state index contributed by atoms with van der Waals surface area (Å²) in [6, 6.07) is -2.57. The van der Waals surface area contributed by atoms with E-state index in [1.54, 1.807) is 27.0 Å². The van der Waals surface area contributed by atoms with Gasteiger partial charge in [-0.1, -0.05) is 45.4 Å². The minimum absolute atomic E-state index is 0.0101. The van der Waals surface area contributed by atoms with E-state index in [1.807, 2.05) is 24.3 Å². The van der Waals surface area contributed by atoms with Crippen molar-refractivity contribution < 1.29 is 53.1 Å². The zero-order chi connectivity index (χ0) is 62.2. The molecule has 0 bridgehead atoms. The second-order valence-corrected chi connectivity index (χ2v) is 21.4. The van der Waals surface area contributed by atoms with E-state index in [0.29, 0.717) is 37.7 Å². The van der Waals surface area contributed by atoms with Crippen molar-refractivity contribution in [2.24, 2.45) is 66.9 Å². The van der Waals surface area contributed by atoms with Gasteiger partial charge in [0.15, 0.2) is 17.9 Å². The van der Waals surface area contributed by atoms with Crippen LogP contribution in [-0.2, 0) is 54.4 Å². The molecule has 0 spiro atoms. The molecule has 4 rings (SSSR count). The monoisotopic (exact) mass is 1180 g/mol. The van der Waals surface area contributed by atoms with Gasteiger partial charge in [-0.05, 0) is 95.1 Å². The number of fused-ring (bicyclic) bond motifs is 1. The molecule has 0 aliphatic carbocycles. The first-order valence-electron chi connectivity index (χ1n) is 28.5. The first-order valence-corrected chi connectivity index (χ1v) is 28.5. The summed E-state index contributed by atoms with van der Waals surface area (Å²) >= 11 is 0. The molecule has 9 amide bonds. The number of nitrogens with two attached hydrogens (primary N) is 7. The lowest BCUT2D eigenvalue weighted by Crippen LogP contribution is -2.59. The van der Waals surface area contributed by atoms with Crippen molar-refractivity contribution in [3.05, 3.63) is 36.0 Å². The normalized spacial score (nSPS) is 17.6. The molecule has 1 aromatic carbocycles. The van der Waals surface area contributed by atoms with Gasteiger partial charge in [0.2, 0.25) is 53.2 Å². The van der Waals surface area contributed by atoms with Crippen LogP contribution in [-0.4, -0.2) is 178 Å². The zero-order valence-electron chi connectivity index (χ0n) is 48.4. The Balaban J connectivity index is 1.53. The Morgan fingerprint density at radius 1 is 0.619 bits per heavy atom. The number of aliphatic carboxylic acids is 1. The number of carboxylic acids is 1. The summed E-state index contributed by atoms with van der Waals surface area (Å²) in [4.78, 5) is 155. The molecule has 0 radical (unpaired) electrons. The number of nitrogens with zero attached hydrogens (tertiary/aromatic N) is 5. The van der Waals surface area contributed by atoms with Crippen molar-refractivity contribution in [1.29, 1.82) is 0 Å². The van der Waals surface area contributed by atoms with Crippen molar-refractivity contribution in [2.45, 2.75) is 166 Å². The number of hydrogen-bond donors (Lipinski definition) is 15. The third-order valence-electron chi connectivity index (χ3n) is 14.9. The van der Waals surface area contributed by atoms with Crippen LogP contribution in [0.1, 0.15) is 117 Å². The van der Waals surface area contributed by atoms with Crippen molar-refractivity contribution in [3.63, 3.8) is 0 Å². The van der Waals surface area contributed by atoms with Crippen LogP contribution in [0.4, 0.5) is 0 Å². The highest BCUT2D eigenvalue weighted by Crippen LogP contribution is 2.27. The smallest absolute Gasteiger partial charge is 0.326 e. The number of aromatic nitrogens is 1. The van der Waals surface area contributed by atoms with Gasteiger partial charge in [-0.2, -0.15) is 0 Å². The molecule has 3 heterocycles. The van der Waals surface area contributed by atoms with E-state index in [9.17, 15) is 53.1 Å². The Hall–Kier alpha value is -8.73. The third-order valence-corrected chi connectivity index (χ3v) is 14.9. The molecule has 22 N–H and O–H groups in total. The van der Waals surface area contributed by atoms with E-state index in [0.717, 1.165) is 10.9 Å². The summed E-state index contributed by atoms with van der Waals surface area (Å²) in [7, 11) is 0. The van der Waals surface area contributed by atoms with Gasteiger partial charge in [0.1, 0.15) is 48.3 Å². The van der Waals surface area contributed by atoms with Crippen LogP contribution in [0.2, 0.25) is 0 Å². The number of carboxylic acid groups (broad SMARTS) is 1. The van der Waals surface area contributed by atoms with Gasteiger partial charge in [-0.25, -0.2) is 4.79 Å². The first kappa shape index (κ1) is 67.8. The van der Waals surface area contributed by atoms with Crippen molar-refractivity contribution in [3.8, 4) is 0 Å². The predicted molar refractivity (Wildman–Crippen MR) is 313 cm³/mol. The number of nitrogens with one attached hydrogen (secondary N) is 7. The van der Waals surface area contributed by atoms with E-state index in [-0.39, 0.29) is 108 Å². The summed E-state index contributed by atoms with van der Waals surface area (Å²) in [5.74, 6) is -9.09. The second-order valence-electron chi connectivity index (χ2n) is 21.4. The number of primary amides is 1. The molecule has 0 saturated carbocycles. The van der Waals surface area contributed by atoms with E-state index >= 15 is 0 Å². The van der Waals surface area contributed by atoms with Crippen LogP contribution in [0.15, 0.2) is 45.4 Å². The number of amides is 9. The highest BCUT2D eigenvalue weighted by molar-refractivity contribution is 5.99. The van der Waals surface area contributed by atoms with Crippen LogP contribution >= 0.6 is 0 Å². The number of carbonyl (C=O) groups is 10. The maximum Gasteiger partial charge on any atom is 0.326 e. The first-order chi connectivity index (χ1) is 39.8. The lowest BCUT2D eigenvalue weighted by Gasteiger charge is -2.33. The van der Waals surface area contributed by atoms with E-state index in [4.69, 9.17) is 40.1 Å². The Labute approximate surface area is 487 Å². The lowest BCUT2D eigenvalue weighted by molar-refractivity contribution is -0.148. The Morgan fingerprint density at radius 2 is 1.14 bits per heavy atom. The Bertz CT molecular complexity index is 2720. The molecule has 30 nitrogen and oxygen atoms in total. The fraction of sp³-hybridized carbons (Fsp3) is 0.611. The highest BCUT2D eigenvalue weighted by atomic mass is 16.4. The largest absolute Gasteiger partial charge is 0.480 e. The van der Waals surface area contributed by atoms with Crippen molar-refractivity contribution in [1.82, 2.24) is 46.7 Å². The lowest BCUT2D eigenvalue weighted by atomic mass is 9.98. The van der Waals surface area contributed by atoms with Crippen LogP contribution in [0.5, 0.6) is 0 Å². The minimum atomic E-state index is -1.38. The fourth-order valence-corrected chi connectivity index (χ4v) is 10.0. The number of aromatic amines is 1. The number of carbonyl (C=O) groups excluding carboxylic acids is 9. The molecule has 2 saturated heterocycles. The maximum absolute atomic E-state index is 14.7. The number of benzene rings is 1. The number of likely N-dealkylation sites (tertiary alicyclic amines) is 2. The molecule has 2 aliphatic heterocycles. The molecule has 2 aromatic rings. The van der Waals surface area contributed by atoms with Gasteiger partial charge >= 0.3 is 5.97 Å². The van der Waals surface area contributed by atoms with Gasteiger partial charge in [-0.15, -0.1) is 0 Å². The van der Waals surface area contributed by atoms with E-state index in [2.05, 4.69) is 51.9 Å². The maximum atomic E-state index is 14.7. The van der Waals surface area contributed by atoms with Gasteiger partial charge < -0.3 is 91.9 Å². The van der Waals surface area contributed by atoms with Gasteiger partial charge in [0, 0.05) is 68.6 Å². The molecule has 10 atom stereocenters. The number of rotatable bonds is 34. The molecule has 7 unspecified atom stereocenters. The van der Waals surface area contributed by atoms with Crippen molar-refractivity contribution >= 4 is 87.9 Å². The summed E-state index contributed by atoms with van der Waals surface area (Å²) < 4.78 is 0. The van der Waals surface area contributed by atoms with Crippen molar-refractivity contribution in [2.75, 3.05) is 32.7 Å². The molecule has 464 valence electrons. The van der Waals surface area contributed by atoms with Gasteiger partial charge in [0.25, 0.3) is 0 Å². The predicted octanol–water partition coefficient (Wildman–Crippen LogP) is -3.19. The second kappa shape index (κ2) is 33.4. The quantitative estimate of drug-likeness (QED) is 0.0187. The van der Waals surface area contributed by atoms with Gasteiger partial charge in [0.05, 0.1) is 0 Å². The van der Waals surface area contributed by atoms with E-state index < -0.39 is 119 Å². The molecule has 1 aromatic heterocycles. The zero-order valence-corrected chi connectivity index (χ0v) is 48.4. The van der Waals surface area contributed by atoms with Crippen LogP contribution in [0.25, 0.3) is 10.9 Å².